The Bertz CT molecular complexity index is 569. The van der Waals surface area contributed by atoms with Gasteiger partial charge in [-0.05, 0) is 99.0 Å². The van der Waals surface area contributed by atoms with E-state index in [2.05, 4.69) is 10.5 Å². The summed E-state index contributed by atoms with van der Waals surface area (Å²) >= 11 is 0. The molecule has 6 atom stereocenters. The highest BCUT2D eigenvalue weighted by molar-refractivity contribution is 6.60. The van der Waals surface area contributed by atoms with Crippen molar-refractivity contribution in [1.29, 1.82) is 0 Å². The molecule has 0 saturated heterocycles. The number of hydrogen-bond acceptors (Lipinski definition) is 1. The van der Waals surface area contributed by atoms with Crippen LogP contribution in [0.5, 0.6) is 0 Å². The van der Waals surface area contributed by atoms with Gasteiger partial charge in [-0.3, -0.25) is 0 Å². The molecule has 0 aromatic heterocycles. The minimum absolute atomic E-state index is 0.791. The highest BCUT2D eigenvalue weighted by Crippen LogP contribution is 2.64. The maximum Gasteiger partial charge on any atom is 0.229 e. The van der Waals surface area contributed by atoms with Crippen LogP contribution >= 0.6 is 0 Å². The third kappa shape index (κ3) is 1.77. The zero-order valence-corrected chi connectivity index (χ0v) is 15.9. The van der Waals surface area contributed by atoms with E-state index in [1.165, 1.54) is 64.2 Å². The molecule has 0 N–H and O–H groups in total. The van der Waals surface area contributed by atoms with Gasteiger partial charge in [0, 0.05) is 0 Å². The monoisotopic (exact) mass is 338 g/mol. The van der Waals surface area contributed by atoms with Gasteiger partial charge in [-0.1, -0.05) is 22.3 Å². The number of hydrogen-bond donors (Lipinski definition) is 0. The summed E-state index contributed by atoms with van der Waals surface area (Å²) in [5, 5.41) is 0. The van der Waals surface area contributed by atoms with Crippen molar-refractivity contribution in [1.82, 2.24) is 0 Å². The molecule has 4 saturated carbocycles. The van der Waals surface area contributed by atoms with Crippen molar-refractivity contribution < 1.29 is 4.12 Å². The van der Waals surface area contributed by atoms with Crippen LogP contribution in [-0.2, 0) is 4.12 Å². The zero-order chi connectivity index (χ0) is 15.1. The molecule has 1 nitrogen and oxygen atoms in total. The third-order valence-corrected chi connectivity index (χ3v) is 12.0. The van der Waals surface area contributed by atoms with Gasteiger partial charge in [0.25, 0.3) is 0 Å². The highest BCUT2D eigenvalue weighted by atomic mass is 28.3. The topological polar surface area (TPSA) is 9.23 Å². The van der Waals surface area contributed by atoms with Crippen LogP contribution in [0.1, 0.15) is 64.2 Å². The molecule has 0 aromatic rings. The van der Waals surface area contributed by atoms with Gasteiger partial charge in [0.15, 0.2) is 0 Å². The zero-order valence-electron chi connectivity index (χ0n) is 13.9. The Morgan fingerprint density at radius 1 is 0.739 bits per heavy atom. The van der Waals surface area contributed by atoms with Crippen molar-refractivity contribution in [3.8, 4) is 0 Å². The summed E-state index contributed by atoms with van der Waals surface area (Å²) in [6.07, 6.45) is 14.6. The molecule has 6 aliphatic rings. The molecule has 4 fully saturated rings. The van der Waals surface area contributed by atoms with Gasteiger partial charge in [0.1, 0.15) is 0 Å². The Balaban J connectivity index is 1.35. The molecular formula is C20H26OSi2. The maximum atomic E-state index is 6.19. The van der Waals surface area contributed by atoms with Crippen LogP contribution in [0.25, 0.3) is 0 Å². The summed E-state index contributed by atoms with van der Waals surface area (Å²) in [5.41, 5.74) is 9.30. The van der Waals surface area contributed by atoms with Crippen LogP contribution < -0.4 is 0 Å². The minimum atomic E-state index is -0.791. The fraction of sp³-hybridized carbons (Fsp3) is 0.800. The van der Waals surface area contributed by atoms with Crippen molar-refractivity contribution >= 4 is 19.5 Å². The van der Waals surface area contributed by atoms with Crippen molar-refractivity contribution in [2.75, 3.05) is 0 Å². The molecule has 0 aliphatic heterocycles. The molecule has 0 amide bonds. The highest BCUT2D eigenvalue weighted by Gasteiger charge is 2.54. The number of fused-ring (bicyclic) bond motifs is 8. The van der Waals surface area contributed by atoms with E-state index in [1.54, 1.807) is 0 Å². The van der Waals surface area contributed by atoms with Crippen LogP contribution in [-0.4, -0.2) is 19.5 Å². The predicted molar refractivity (Wildman–Crippen MR) is 94.3 cm³/mol. The minimum Gasteiger partial charge on any atom is -0.456 e. The summed E-state index contributed by atoms with van der Waals surface area (Å²) in [6, 6.07) is 0. The molecule has 0 spiro atoms. The van der Waals surface area contributed by atoms with Crippen molar-refractivity contribution in [3.05, 3.63) is 22.3 Å². The number of rotatable bonds is 3. The van der Waals surface area contributed by atoms with Gasteiger partial charge in [0.05, 0.1) is 0 Å². The normalized spacial score (nSPS) is 46.7. The standard InChI is InChI=1S/C20H26OSi2/c22-21-23(17-7-5-15-11-1-3-13(9-11)19(15)17)18-8-6-16-12-2-4-14(10-12)20(16)18/h11-12,15-18H,1-10H2. The van der Waals surface area contributed by atoms with E-state index in [-0.39, 0.29) is 0 Å². The molecule has 3 heteroatoms. The first-order valence-corrected chi connectivity index (χ1v) is 12.0. The lowest BCUT2D eigenvalue weighted by atomic mass is 9.88. The van der Waals surface area contributed by atoms with Crippen LogP contribution in [0.15, 0.2) is 22.3 Å². The van der Waals surface area contributed by atoms with Crippen LogP contribution in [0.4, 0.5) is 0 Å². The summed E-state index contributed by atoms with van der Waals surface area (Å²) in [6.45, 7) is 0. The predicted octanol–water partition coefficient (Wildman–Crippen LogP) is 4.86. The quantitative estimate of drug-likeness (QED) is 0.527. The lowest BCUT2D eigenvalue weighted by molar-refractivity contribution is 0.411. The first-order chi connectivity index (χ1) is 11.3. The Labute approximate surface area is 145 Å². The van der Waals surface area contributed by atoms with Crippen molar-refractivity contribution in [2.24, 2.45) is 23.7 Å². The van der Waals surface area contributed by atoms with Gasteiger partial charge in [-0.15, -0.1) is 0 Å². The largest absolute Gasteiger partial charge is 0.456 e. The maximum absolute atomic E-state index is 6.19. The lowest BCUT2D eigenvalue weighted by Gasteiger charge is -2.31. The van der Waals surface area contributed by atoms with Crippen molar-refractivity contribution in [2.45, 2.75) is 75.3 Å². The van der Waals surface area contributed by atoms with Crippen molar-refractivity contribution in [3.63, 3.8) is 0 Å². The Morgan fingerprint density at radius 2 is 1.26 bits per heavy atom. The summed E-state index contributed by atoms with van der Waals surface area (Å²) in [4.78, 5) is 0. The van der Waals surface area contributed by atoms with E-state index in [9.17, 15) is 0 Å². The van der Waals surface area contributed by atoms with Gasteiger partial charge in [-0.2, -0.15) is 0 Å². The molecule has 0 aromatic carbocycles. The molecular weight excluding hydrogens is 312 g/mol. The molecule has 0 heterocycles. The van der Waals surface area contributed by atoms with Crippen LogP contribution in [0.3, 0.4) is 0 Å². The van der Waals surface area contributed by atoms with Gasteiger partial charge in [-0.25, -0.2) is 0 Å². The second-order valence-corrected chi connectivity index (χ2v) is 12.1. The fourth-order valence-corrected chi connectivity index (χ4v) is 11.8. The molecule has 6 unspecified atom stereocenters. The van der Waals surface area contributed by atoms with Gasteiger partial charge < -0.3 is 4.12 Å². The van der Waals surface area contributed by atoms with E-state index >= 15 is 0 Å². The van der Waals surface area contributed by atoms with Crippen LogP contribution in [0.2, 0.25) is 11.1 Å². The van der Waals surface area contributed by atoms with Crippen LogP contribution in [0, 0.1) is 23.7 Å². The molecule has 6 aliphatic carbocycles. The SMILES string of the molecule is [Si]O[Si](C1CCC2C1=C1CCC2C1)C1CCC2C1=C1CCC2C1. The third-order valence-electron chi connectivity index (χ3n) is 8.49. The first-order valence-electron chi connectivity index (χ1n) is 9.99. The molecule has 120 valence electrons. The molecule has 4 bridgehead atoms. The van der Waals surface area contributed by atoms with E-state index in [1.807, 2.05) is 22.3 Å². The molecule has 4 radical (unpaired) electrons. The molecule has 6 rings (SSSR count). The smallest absolute Gasteiger partial charge is 0.229 e. The Morgan fingerprint density at radius 3 is 1.74 bits per heavy atom. The second kappa shape index (κ2) is 4.95. The summed E-state index contributed by atoms with van der Waals surface area (Å²) in [5.74, 6) is 4.01. The average Bonchev–Trinajstić information content (AvgIpc) is 3.35. The van der Waals surface area contributed by atoms with Gasteiger partial charge >= 0.3 is 0 Å². The number of allylic oxidation sites excluding steroid dienone is 4. The van der Waals surface area contributed by atoms with E-state index in [4.69, 9.17) is 4.12 Å². The molecule has 23 heavy (non-hydrogen) atoms. The lowest BCUT2D eigenvalue weighted by Crippen LogP contribution is -2.31. The Hall–Kier alpha value is -0.126. The first kappa shape index (κ1) is 14.1. The van der Waals surface area contributed by atoms with Gasteiger partial charge in [0.2, 0.25) is 19.5 Å². The Kier molecular flexibility index (Phi) is 3.03. The second-order valence-electron chi connectivity index (χ2n) is 9.10. The van der Waals surface area contributed by atoms with E-state index in [0.29, 0.717) is 0 Å². The van der Waals surface area contributed by atoms with E-state index < -0.39 is 9.04 Å². The summed E-state index contributed by atoms with van der Waals surface area (Å²) in [7, 11) is 2.80. The summed E-state index contributed by atoms with van der Waals surface area (Å²) < 4.78 is 6.19. The fourth-order valence-electron chi connectivity index (χ4n) is 7.78. The average molecular weight is 339 g/mol. The van der Waals surface area contributed by atoms with E-state index in [0.717, 1.165) is 34.8 Å².